The molecule has 0 aromatic carbocycles. The minimum absolute atomic E-state index is 0.179. The van der Waals surface area contributed by atoms with Gasteiger partial charge in [0.15, 0.2) is 0 Å². The molecule has 0 aliphatic heterocycles. The van der Waals surface area contributed by atoms with E-state index in [1.807, 2.05) is 0 Å². The standard InChI is InChI=1S/C11H19N5O/c1-3-16(4-2)6-5-14-10-8-13-7-9(15-10)11(12)17/h7-8H,3-6H2,1-2H3,(H2,12,17)(H,14,15). The number of nitrogens with two attached hydrogens (primary N) is 1. The first-order valence-corrected chi connectivity index (χ1v) is 5.75. The normalized spacial score (nSPS) is 10.5. The lowest BCUT2D eigenvalue weighted by Crippen LogP contribution is -2.29. The summed E-state index contributed by atoms with van der Waals surface area (Å²) in [6, 6.07) is 0. The van der Waals surface area contributed by atoms with Gasteiger partial charge in [-0.3, -0.25) is 9.78 Å². The summed E-state index contributed by atoms with van der Waals surface area (Å²) in [5, 5.41) is 3.12. The largest absolute Gasteiger partial charge is 0.367 e. The number of hydrogen-bond acceptors (Lipinski definition) is 5. The zero-order chi connectivity index (χ0) is 12.7. The molecule has 0 atom stereocenters. The molecule has 0 unspecified atom stereocenters. The van der Waals surface area contributed by atoms with Crippen molar-refractivity contribution in [3.05, 3.63) is 18.1 Å². The molecule has 6 nitrogen and oxygen atoms in total. The van der Waals surface area contributed by atoms with Gasteiger partial charge in [-0.1, -0.05) is 13.8 Å². The van der Waals surface area contributed by atoms with Crippen LogP contribution in [0, 0.1) is 0 Å². The first-order chi connectivity index (χ1) is 8.17. The van der Waals surface area contributed by atoms with E-state index < -0.39 is 5.91 Å². The number of aromatic nitrogens is 2. The van der Waals surface area contributed by atoms with Gasteiger partial charge >= 0.3 is 0 Å². The van der Waals surface area contributed by atoms with Gasteiger partial charge < -0.3 is 16.0 Å². The third kappa shape index (κ3) is 4.36. The summed E-state index contributed by atoms with van der Waals surface area (Å²) >= 11 is 0. The topological polar surface area (TPSA) is 84.1 Å². The van der Waals surface area contributed by atoms with E-state index in [4.69, 9.17) is 5.73 Å². The molecule has 94 valence electrons. The van der Waals surface area contributed by atoms with Crippen LogP contribution in [0.5, 0.6) is 0 Å². The van der Waals surface area contributed by atoms with Crippen LogP contribution in [0.2, 0.25) is 0 Å². The maximum Gasteiger partial charge on any atom is 0.268 e. The molecule has 1 heterocycles. The zero-order valence-corrected chi connectivity index (χ0v) is 10.3. The molecule has 1 aromatic rings. The van der Waals surface area contributed by atoms with E-state index in [0.29, 0.717) is 5.82 Å². The SMILES string of the molecule is CCN(CC)CCNc1cncc(C(N)=O)n1. The van der Waals surface area contributed by atoms with E-state index in [1.54, 1.807) is 6.20 Å². The van der Waals surface area contributed by atoms with Gasteiger partial charge in [-0.2, -0.15) is 0 Å². The van der Waals surface area contributed by atoms with E-state index in [9.17, 15) is 4.79 Å². The lowest BCUT2D eigenvalue weighted by molar-refractivity contribution is 0.0995. The third-order valence-electron chi connectivity index (χ3n) is 2.52. The van der Waals surface area contributed by atoms with Crippen LogP contribution in [0.15, 0.2) is 12.4 Å². The van der Waals surface area contributed by atoms with Crippen molar-refractivity contribution >= 4 is 11.7 Å². The molecule has 0 aliphatic carbocycles. The number of amides is 1. The molecule has 6 heteroatoms. The summed E-state index contributed by atoms with van der Waals surface area (Å²) in [6.45, 7) is 7.97. The van der Waals surface area contributed by atoms with Crippen molar-refractivity contribution in [1.29, 1.82) is 0 Å². The highest BCUT2D eigenvalue weighted by atomic mass is 16.1. The Morgan fingerprint density at radius 1 is 1.41 bits per heavy atom. The second-order valence-corrected chi connectivity index (χ2v) is 3.61. The van der Waals surface area contributed by atoms with Gasteiger partial charge in [-0.15, -0.1) is 0 Å². The number of anilines is 1. The molecular formula is C11H19N5O. The maximum absolute atomic E-state index is 10.9. The summed E-state index contributed by atoms with van der Waals surface area (Å²) < 4.78 is 0. The smallest absolute Gasteiger partial charge is 0.268 e. The molecule has 1 aromatic heterocycles. The number of likely N-dealkylation sites (N-methyl/N-ethyl adjacent to an activating group) is 1. The maximum atomic E-state index is 10.9. The van der Waals surface area contributed by atoms with Crippen LogP contribution in [-0.4, -0.2) is 47.0 Å². The van der Waals surface area contributed by atoms with Crippen LogP contribution >= 0.6 is 0 Å². The molecule has 0 bridgehead atoms. The molecule has 17 heavy (non-hydrogen) atoms. The molecule has 0 fully saturated rings. The number of carbonyl (C=O) groups excluding carboxylic acids is 1. The van der Waals surface area contributed by atoms with Crippen LogP contribution in [0.3, 0.4) is 0 Å². The van der Waals surface area contributed by atoms with E-state index in [1.165, 1.54) is 6.20 Å². The molecule has 3 N–H and O–H groups in total. The van der Waals surface area contributed by atoms with Gasteiger partial charge in [-0.25, -0.2) is 4.98 Å². The van der Waals surface area contributed by atoms with Crippen molar-refractivity contribution in [3.8, 4) is 0 Å². The van der Waals surface area contributed by atoms with Crippen molar-refractivity contribution in [2.45, 2.75) is 13.8 Å². The molecule has 0 saturated heterocycles. The predicted octanol–water partition coefficient (Wildman–Crippen LogP) is 0.329. The van der Waals surface area contributed by atoms with Gasteiger partial charge in [-0.05, 0) is 13.1 Å². The van der Waals surface area contributed by atoms with Crippen LogP contribution in [0.25, 0.3) is 0 Å². The van der Waals surface area contributed by atoms with Crippen molar-refractivity contribution in [1.82, 2.24) is 14.9 Å². The lowest BCUT2D eigenvalue weighted by atomic mass is 10.4. The van der Waals surface area contributed by atoms with E-state index in [-0.39, 0.29) is 5.69 Å². The second-order valence-electron chi connectivity index (χ2n) is 3.61. The van der Waals surface area contributed by atoms with Gasteiger partial charge in [0.25, 0.3) is 5.91 Å². The van der Waals surface area contributed by atoms with Crippen LogP contribution < -0.4 is 11.1 Å². The summed E-state index contributed by atoms with van der Waals surface area (Å²) in [5.74, 6) is 0.0124. The summed E-state index contributed by atoms with van der Waals surface area (Å²) in [4.78, 5) is 21.2. The monoisotopic (exact) mass is 237 g/mol. The molecular weight excluding hydrogens is 218 g/mol. The fraction of sp³-hybridized carbons (Fsp3) is 0.545. The number of nitrogens with one attached hydrogen (secondary N) is 1. The highest BCUT2D eigenvalue weighted by molar-refractivity contribution is 5.90. The Kier molecular flexibility index (Phi) is 5.35. The summed E-state index contributed by atoms with van der Waals surface area (Å²) in [7, 11) is 0. The zero-order valence-electron chi connectivity index (χ0n) is 10.3. The Balaban J connectivity index is 2.46. The molecule has 0 aliphatic rings. The third-order valence-corrected chi connectivity index (χ3v) is 2.52. The Labute approximate surface area is 101 Å². The average molecular weight is 237 g/mol. The molecule has 1 amide bonds. The highest BCUT2D eigenvalue weighted by Gasteiger charge is 2.04. The van der Waals surface area contributed by atoms with E-state index >= 15 is 0 Å². The summed E-state index contributed by atoms with van der Waals surface area (Å²) in [6.07, 6.45) is 2.94. The van der Waals surface area contributed by atoms with Crippen molar-refractivity contribution in [3.63, 3.8) is 0 Å². The highest BCUT2D eigenvalue weighted by Crippen LogP contribution is 2.01. The first-order valence-electron chi connectivity index (χ1n) is 5.75. The number of nitrogens with zero attached hydrogens (tertiary/aromatic N) is 3. The van der Waals surface area contributed by atoms with Crippen molar-refractivity contribution in [2.75, 3.05) is 31.5 Å². The van der Waals surface area contributed by atoms with Crippen LogP contribution in [0.4, 0.5) is 5.82 Å². The molecule has 0 spiro atoms. The van der Waals surface area contributed by atoms with Gasteiger partial charge in [0.2, 0.25) is 0 Å². The fourth-order valence-corrected chi connectivity index (χ4v) is 1.45. The Morgan fingerprint density at radius 2 is 2.12 bits per heavy atom. The van der Waals surface area contributed by atoms with Gasteiger partial charge in [0, 0.05) is 13.1 Å². The van der Waals surface area contributed by atoms with Gasteiger partial charge in [0.05, 0.1) is 12.4 Å². The average Bonchev–Trinajstić information content (AvgIpc) is 2.35. The van der Waals surface area contributed by atoms with Crippen molar-refractivity contribution < 1.29 is 4.79 Å². The summed E-state index contributed by atoms with van der Waals surface area (Å²) in [5.41, 5.74) is 5.30. The minimum Gasteiger partial charge on any atom is -0.367 e. The number of hydrogen-bond donors (Lipinski definition) is 2. The van der Waals surface area contributed by atoms with E-state index in [2.05, 4.69) is 34.0 Å². The number of rotatable bonds is 7. The Bertz CT molecular complexity index is 365. The fourth-order valence-electron chi connectivity index (χ4n) is 1.45. The Morgan fingerprint density at radius 3 is 2.71 bits per heavy atom. The minimum atomic E-state index is -0.565. The first kappa shape index (κ1) is 13.4. The predicted molar refractivity (Wildman–Crippen MR) is 66.8 cm³/mol. The van der Waals surface area contributed by atoms with Crippen molar-refractivity contribution in [2.24, 2.45) is 5.73 Å². The second kappa shape index (κ2) is 6.80. The molecule has 0 saturated carbocycles. The molecule has 0 radical (unpaired) electrons. The van der Waals surface area contributed by atoms with E-state index in [0.717, 1.165) is 26.2 Å². The van der Waals surface area contributed by atoms with Crippen LogP contribution in [-0.2, 0) is 0 Å². The molecule has 1 rings (SSSR count). The lowest BCUT2D eigenvalue weighted by Gasteiger charge is -2.18. The quantitative estimate of drug-likeness (QED) is 0.714. The van der Waals surface area contributed by atoms with Gasteiger partial charge in [0.1, 0.15) is 11.5 Å². The van der Waals surface area contributed by atoms with Crippen LogP contribution in [0.1, 0.15) is 24.3 Å². The Hall–Kier alpha value is -1.69. The number of primary amides is 1. The number of carbonyl (C=O) groups is 1.